The number of carboxylic acid groups (broad SMARTS) is 1. The molecule has 11 heteroatoms. The summed E-state index contributed by atoms with van der Waals surface area (Å²) in [4.78, 5) is 42.1. The summed E-state index contributed by atoms with van der Waals surface area (Å²) in [5.41, 5.74) is 4.86. The van der Waals surface area contributed by atoms with Gasteiger partial charge >= 0.3 is 12.1 Å². The van der Waals surface area contributed by atoms with E-state index in [1.54, 1.807) is 6.07 Å². The number of amides is 3. The standard InChI is InChI=1S/C43H52N4O6Si/c1-43(2,3)54(4,5)53-38(35-22-24-37(40-36(35)23-25-39(48)46-40)52-30-33-15-10-7-11-16-33)29-47(42(50)51)28-26-32-18-20-34(21-19-32)45-41(49)44-27-12-17-31-13-8-6-9-14-31/h6-11,13-16,18-25,38H,12,17,26-30H2,1-5H3,(H,46,48)(H,50,51)(H2,44,45,49)/t38-/m0/s1. The molecule has 3 amide bonds. The van der Waals surface area contributed by atoms with Crippen LogP contribution in [0.2, 0.25) is 18.1 Å². The summed E-state index contributed by atoms with van der Waals surface area (Å²) in [5, 5.41) is 16.8. The third-order valence-electron chi connectivity index (χ3n) is 10.0. The number of aromatic nitrogens is 1. The monoisotopic (exact) mass is 748 g/mol. The van der Waals surface area contributed by atoms with Gasteiger partial charge in [0.25, 0.3) is 0 Å². The molecule has 54 heavy (non-hydrogen) atoms. The summed E-state index contributed by atoms with van der Waals surface area (Å²) in [6, 6.07) is 34.1. The molecule has 0 unspecified atom stereocenters. The minimum Gasteiger partial charge on any atom is -0.487 e. The summed E-state index contributed by atoms with van der Waals surface area (Å²) in [7, 11) is -2.42. The van der Waals surface area contributed by atoms with Gasteiger partial charge in [0.1, 0.15) is 12.4 Å². The number of H-pyrrole nitrogens is 1. The van der Waals surface area contributed by atoms with Crippen molar-refractivity contribution in [3.8, 4) is 5.75 Å². The lowest BCUT2D eigenvalue weighted by Crippen LogP contribution is -2.45. The van der Waals surface area contributed by atoms with Crippen LogP contribution < -0.4 is 20.9 Å². The fourth-order valence-corrected chi connectivity index (χ4v) is 7.18. The Morgan fingerprint density at radius 3 is 2.13 bits per heavy atom. The molecule has 1 atom stereocenters. The van der Waals surface area contributed by atoms with Crippen LogP contribution in [-0.4, -0.2) is 55.1 Å². The number of fused-ring (bicyclic) bond motifs is 1. The Bertz CT molecular complexity index is 2050. The van der Waals surface area contributed by atoms with Crippen molar-refractivity contribution in [2.45, 2.75) is 70.9 Å². The molecule has 0 fully saturated rings. The van der Waals surface area contributed by atoms with E-state index in [1.165, 1.54) is 16.5 Å². The second-order valence-corrected chi connectivity index (χ2v) is 19.8. The third kappa shape index (κ3) is 11.1. The zero-order valence-electron chi connectivity index (χ0n) is 31.9. The van der Waals surface area contributed by atoms with Gasteiger partial charge in [-0.15, -0.1) is 0 Å². The number of aromatic amines is 1. The maximum Gasteiger partial charge on any atom is 0.407 e. The summed E-state index contributed by atoms with van der Waals surface area (Å²) < 4.78 is 13.2. The Morgan fingerprint density at radius 1 is 0.833 bits per heavy atom. The molecule has 0 saturated heterocycles. The number of benzene rings is 4. The Balaban J connectivity index is 1.28. The van der Waals surface area contributed by atoms with Crippen LogP contribution in [0, 0.1) is 0 Å². The highest BCUT2D eigenvalue weighted by molar-refractivity contribution is 6.74. The van der Waals surface area contributed by atoms with Gasteiger partial charge < -0.3 is 34.8 Å². The number of rotatable bonds is 16. The summed E-state index contributed by atoms with van der Waals surface area (Å²) in [6.07, 6.45) is 0.520. The topological polar surface area (TPSA) is 133 Å². The van der Waals surface area contributed by atoms with Gasteiger partial charge in [-0.05, 0) is 83.9 Å². The number of hydrogen-bond acceptors (Lipinski definition) is 5. The van der Waals surface area contributed by atoms with Gasteiger partial charge in [-0.25, -0.2) is 9.59 Å². The van der Waals surface area contributed by atoms with Gasteiger partial charge in [0.2, 0.25) is 5.56 Å². The number of carbonyl (C=O) groups is 2. The lowest BCUT2D eigenvalue weighted by molar-refractivity contribution is 0.102. The molecule has 0 aliphatic carbocycles. The normalized spacial score (nSPS) is 12.2. The van der Waals surface area contributed by atoms with Crippen LogP contribution in [-0.2, 0) is 23.9 Å². The van der Waals surface area contributed by atoms with Crippen molar-refractivity contribution in [1.29, 1.82) is 0 Å². The molecule has 5 aromatic rings. The van der Waals surface area contributed by atoms with Crippen molar-refractivity contribution in [1.82, 2.24) is 15.2 Å². The van der Waals surface area contributed by atoms with Crippen molar-refractivity contribution in [2.75, 3.05) is 25.0 Å². The number of anilines is 1. The third-order valence-corrected chi connectivity index (χ3v) is 14.5. The van der Waals surface area contributed by atoms with E-state index in [0.717, 1.165) is 34.9 Å². The Morgan fingerprint density at radius 2 is 1.48 bits per heavy atom. The van der Waals surface area contributed by atoms with E-state index in [1.807, 2.05) is 84.9 Å². The highest BCUT2D eigenvalue weighted by Crippen LogP contribution is 2.41. The predicted molar refractivity (Wildman–Crippen MR) is 218 cm³/mol. The molecular formula is C43H52N4O6Si. The van der Waals surface area contributed by atoms with E-state index in [0.29, 0.717) is 36.5 Å². The second kappa shape index (κ2) is 18.1. The summed E-state index contributed by atoms with van der Waals surface area (Å²) in [6.45, 7) is 11.9. The molecule has 1 aromatic heterocycles. The molecule has 0 bridgehead atoms. The van der Waals surface area contributed by atoms with Crippen molar-refractivity contribution in [3.05, 3.63) is 142 Å². The van der Waals surface area contributed by atoms with Crippen LogP contribution in [0.1, 0.15) is 55.5 Å². The molecule has 4 N–H and O–H groups in total. The van der Waals surface area contributed by atoms with Crippen LogP contribution >= 0.6 is 0 Å². The Labute approximate surface area is 318 Å². The molecule has 284 valence electrons. The number of nitrogens with zero attached hydrogens (tertiary/aromatic N) is 1. The number of carbonyl (C=O) groups excluding carboxylic acids is 1. The maximum atomic E-state index is 12.8. The number of ether oxygens (including phenoxy) is 1. The SMILES string of the molecule is CC(C)(C)[Si](C)(C)O[C@@H](CN(CCc1ccc(NC(=O)NCCCc2ccccc2)cc1)C(=O)O)c1ccc(OCc2ccccc2)c2[nH]c(=O)ccc12. The van der Waals surface area contributed by atoms with Crippen molar-refractivity contribution < 1.29 is 23.9 Å². The van der Waals surface area contributed by atoms with Gasteiger partial charge in [0.05, 0.1) is 18.2 Å². The fraction of sp³-hybridized carbons (Fsp3) is 0.326. The average molecular weight is 749 g/mol. The summed E-state index contributed by atoms with van der Waals surface area (Å²) in [5.74, 6) is 0.523. The van der Waals surface area contributed by atoms with E-state index in [2.05, 4.69) is 61.6 Å². The maximum absolute atomic E-state index is 12.8. The van der Waals surface area contributed by atoms with Crippen molar-refractivity contribution >= 4 is 37.0 Å². The number of nitrogens with one attached hydrogen (secondary N) is 3. The molecular weight excluding hydrogens is 697 g/mol. The van der Waals surface area contributed by atoms with E-state index in [-0.39, 0.29) is 29.7 Å². The predicted octanol–water partition coefficient (Wildman–Crippen LogP) is 9.15. The molecule has 0 aliphatic heterocycles. The van der Waals surface area contributed by atoms with Crippen molar-refractivity contribution in [2.24, 2.45) is 0 Å². The zero-order chi connectivity index (χ0) is 38.7. The van der Waals surface area contributed by atoms with E-state index in [4.69, 9.17) is 9.16 Å². The van der Waals surface area contributed by atoms with Gasteiger partial charge in [-0.3, -0.25) is 4.79 Å². The first kappa shape index (κ1) is 39.8. The Kier molecular flexibility index (Phi) is 13.3. The van der Waals surface area contributed by atoms with Crippen LogP contribution in [0.3, 0.4) is 0 Å². The first-order valence-electron chi connectivity index (χ1n) is 18.4. The zero-order valence-corrected chi connectivity index (χ0v) is 32.9. The van der Waals surface area contributed by atoms with E-state index >= 15 is 0 Å². The minimum absolute atomic E-state index is 0.0877. The number of aryl methyl sites for hydroxylation is 1. The quantitative estimate of drug-likeness (QED) is 0.0588. The van der Waals surface area contributed by atoms with Crippen LogP contribution in [0.25, 0.3) is 10.9 Å². The molecule has 0 saturated carbocycles. The highest BCUT2D eigenvalue weighted by atomic mass is 28.4. The number of pyridine rings is 1. The van der Waals surface area contributed by atoms with Crippen molar-refractivity contribution in [3.63, 3.8) is 0 Å². The van der Waals surface area contributed by atoms with Gasteiger partial charge in [-0.1, -0.05) is 99.6 Å². The lowest BCUT2D eigenvalue weighted by Gasteiger charge is -2.40. The van der Waals surface area contributed by atoms with Gasteiger partial charge in [-0.2, -0.15) is 0 Å². The lowest BCUT2D eigenvalue weighted by atomic mass is 10.0. The average Bonchev–Trinajstić information content (AvgIpc) is 3.14. The van der Waals surface area contributed by atoms with E-state index < -0.39 is 20.5 Å². The smallest absolute Gasteiger partial charge is 0.407 e. The van der Waals surface area contributed by atoms with Gasteiger partial charge in [0.15, 0.2) is 8.32 Å². The minimum atomic E-state index is -2.42. The molecule has 1 heterocycles. The van der Waals surface area contributed by atoms with Crippen LogP contribution in [0.4, 0.5) is 15.3 Å². The molecule has 10 nitrogen and oxygen atoms in total. The summed E-state index contributed by atoms with van der Waals surface area (Å²) >= 11 is 0. The van der Waals surface area contributed by atoms with Crippen LogP contribution in [0.15, 0.2) is 114 Å². The first-order chi connectivity index (χ1) is 25.8. The number of hydrogen-bond donors (Lipinski definition) is 4. The second-order valence-electron chi connectivity index (χ2n) is 15.1. The number of urea groups is 1. The Hall–Kier alpha value is -5.39. The molecule has 0 aliphatic rings. The molecule has 4 aromatic carbocycles. The fourth-order valence-electron chi connectivity index (χ4n) is 5.91. The largest absolute Gasteiger partial charge is 0.487 e. The molecule has 0 spiro atoms. The van der Waals surface area contributed by atoms with Crippen LogP contribution in [0.5, 0.6) is 5.75 Å². The first-order valence-corrected chi connectivity index (χ1v) is 21.4. The highest BCUT2D eigenvalue weighted by Gasteiger charge is 2.40. The van der Waals surface area contributed by atoms with E-state index in [9.17, 15) is 19.5 Å². The molecule has 5 rings (SSSR count). The van der Waals surface area contributed by atoms with Gasteiger partial charge in [0, 0.05) is 30.2 Å². The molecule has 0 radical (unpaired) electrons.